The fourth-order valence-electron chi connectivity index (χ4n) is 2.72. The maximum absolute atomic E-state index is 4.42. The maximum atomic E-state index is 4.42. The first kappa shape index (κ1) is 12.6. The third-order valence-electron chi connectivity index (χ3n) is 4.21. The number of aryl methyl sites for hydroxylation is 1. The van der Waals surface area contributed by atoms with Gasteiger partial charge in [0.2, 0.25) is 0 Å². The van der Waals surface area contributed by atoms with Crippen LogP contribution in [0.2, 0.25) is 0 Å². The van der Waals surface area contributed by atoms with E-state index in [0.29, 0.717) is 5.41 Å². The summed E-state index contributed by atoms with van der Waals surface area (Å²) in [5.74, 6) is 1.18. The van der Waals surface area contributed by atoms with Crippen LogP contribution in [0.1, 0.15) is 51.8 Å². The second kappa shape index (κ2) is 5.67. The van der Waals surface area contributed by atoms with Crippen molar-refractivity contribution in [3.8, 4) is 0 Å². The molecule has 1 aromatic heterocycles. The van der Waals surface area contributed by atoms with Crippen LogP contribution in [-0.2, 0) is 13.1 Å². The highest BCUT2D eigenvalue weighted by Gasteiger charge is 2.34. The lowest BCUT2D eigenvalue weighted by Gasteiger charge is -2.41. The Labute approximate surface area is 105 Å². The first-order valence-electron chi connectivity index (χ1n) is 7.00. The van der Waals surface area contributed by atoms with E-state index in [2.05, 4.69) is 34.9 Å². The van der Waals surface area contributed by atoms with Gasteiger partial charge in [0.1, 0.15) is 5.82 Å². The van der Waals surface area contributed by atoms with Gasteiger partial charge in [0, 0.05) is 25.5 Å². The molecule has 2 rings (SSSR count). The summed E-state index contributed by atoms with van der Waals surface area (Å²) in [5, 5.41) is 3.60. The van der Waals surface area contributed by atoms with Crippen LogP contribution in [0, 0.1) is 5.41 Å². The number of rotatable bonds is 7. The summed E-state index contributed by atoms with van der Waals surface area (Å²) in [5.41, 5.74) is 0.599. The average molecular weight is 235 g/mol. The van der Waals surface area contributed by atoms with Crippen molar-refractivity contribution in [1.82, 2.24) is 14.9 Å². The lowest BCUT2D eigenvalue weighted by molar-refractivity contribution is 0.123. The van der Waals surface area contributed by atoms with Gasteiger partial charge in [-0.3, -0.25) is 0 Å². The van der Waals surface area contributed by atoms with E-state index < -0.39 is 0 Å². The van der Waals surface area contributed by atoms with Crippen LogP contribution in [0.25, 0.3) is 0 Å². The summed E-state index contributed by atoms with van der Waals surface area (Å²) < 4.78 is 2.26. The number of aromatic nitrogens is 2. The van der Waals surface area contributed by atoms with Gasteiger partial charge in [-0.15, -0.1) is 0 Å². The number of hydrogen-bond donors (Lipinski definition) is 1. The molecule has 1 N–H and O–H groups in total. The molecule has 0 atom stereocenters. The molecular weight excluding hydrogens is 210 g/mol. The van der Waals surface area contributed by atoms with E-state index in [1.165, 1.54) is 37.9 Å². The summed E-state index contributed by atoms with van der Waals surface area (Å²) in [6.45, 7) is 7.67. The first-order chi connectivity index (χ1) is 8.29. The molecule has 0 aliphatic heterocycles. The van der Waals surface area contributed by atoms with Gasteiger partial charge in [0.05, 0.1) is 6.54 Å². The molecule has 0 amide bonds. The van der Waals surface area contributed by atoms with Gasteiger partial charge in [-0.2, -0.15) is 0 Å². The minimum Gasteiger partial charge on any atom is -0.334 e. The Kier molecular flexibility index (Phi) is 4.21. The van der Waals surface area contributed by atoms with Crippen LogP contribution < -0.4 is 5.32 Å². The third kappa shape index (κ3) is 2.89. The number of nitrogens with zero attached hydrogens (tertiary/aromatic N) is 2. The third-order valence-corrected chi connectivity index (χ3v) is 4.21. The van der Waals surface area contributed by atoms with E-state index in [-0.39, 0.29) is 0 Å². The average Bonchev–Trinajstić information content (AvgIpc) is 2.71. The van der Waals surface area contributed by atoms with Crippen LogP contribution in [-0.4, -0.2) is 16.1 Å². The largest absolute Gasteiger partial charge is 0.334 e. The monoisotopic (exact) mass is 235 g/mol. The SMILES string of the molecule is CCCn1ccnc1CNCC1(CC)CCC1. The maximum Gasteiger partial charge on any atom is 0.122 e. The molecule has 17 heavy (non-hydrogen) atoms. The molecule has 1 heterocycles. The molecule has 0 saturated heterocycles. The van der Waals surface area contributed by atoms with Gasteiger partial charge < -0.3 is 9.88 Å². The second-order valence-electron chi connectivity index (χ2n) is 5.35. The minimum absolute atomic E-state index is 0.599. The van der Waals surface area contributed by atoms with Crippen LogP contribution in [0.15, 0.2) is 12.4 Å². The quantitative estimate of drug-likeness (QED) is 0.787. The van der Waals surface area contributed by atoms with Crippen molar-refractivity contribution in [3.63, 3.8) is 0 Å². The smallest absolute Gasteiger partial charge is 0.122 e. The van der Waals surface area contributed by atoms with Gasteiger partial charge in [-0.25, -0.2) is 4.98 Å². The topological polar surface area (TPSA) is 29.9 Å². The zero-order chi connectivity index (χ0) is 12.1. The van der Waals surface area contributed by atoms with E-state index >= 15 is 0 Å². The van der Waals surface area contributed by atoms with E-state index in [9.17, 15) is 0 Å². The van der Waals surface area contributed by atoms with Crippen molar-refractivity contribution < 1.29 is 0 Å². The van der Waals surface area contributed by atoms with Crippen molar-refractivity contribution in [2.45, 2.75) is 59.0 Å². The van der Waals surface area contributed by atoms with Crippen molar-refractivity contribution in [1.29, 1.82) is 0 Å². The lowest BCUT2D eigenvalue weighted by Crippen LogP contribution is -2.39. The highest BCUT2D eigenvalue weighted by Crippen LogP contribution is 2.43. The van der Waals surface area contributed by atoms with E-state index in [4.69, 9.17) is 0 Å². The number of nitrogens with one attached hydrogen (secondary N) is 1. The molecule has 1 aromatic rings. The summed E-state index contributed by atoms with van der Waals surface area (Å²) in [4.78, 5) is 4.42. The van der Waals surface area contributed by atoms with Gasteiger partial charge >= 0.3 is 0 Å². The molecule has 96 valence electrons. The minimum atomic E-state index is 0.599. The summed E-state index contributed by atoms with van der Waals surface area (Å²) in [7, 11) is 0. The summed E-state index contributed by atoms with van der Waals surface area (Å²) in [6.07, 6.45) is 10.7. The lowest BCUT2D eigenvalue weighted by atomic mass is 9.67. The Morgan fingerprint density at radius 2 is 2.24 bits per heavy atom. The van der Waals surface area contributed by atoms with Gasteiger partial charge in [0.25, 0.3) is 0 Å². The molecule has 0 unspecified atom stereocenters. The standard InChI is InChI=1S/C14H25N3/c1-3-9-17-10-8-16-13(17)11-15-12-14(4-2)6-5-7-14/h8,10,15H,3-7,9,11-12H2,1-2H3. The zero-order valence-corrected chi connectivity index (χ0v) is 11.2. The molecule has 1 aliphatic carbocycles. The Hall–Kier alpha value is -0.830. The molecular formula is C14H25N3. The van der Waals surface area contributed by atoms with E-state index in [1.54, 1.807) is 0 Å². The Balaban J connectivity index is 1.79. The van der Waals surface area contributed by atoms with Crippen LogP contribution in [0.3, 0.4) is 0 Å². The highest BCUT2D eigenvalue weighted by molar-refractivity contribution is 4.94. The van der Waals surface area contributed by atoms with Gasteiger partial charge in [-0.05, 0) is 31.1 Å². The Morgan fingerprint density at radius 3 is 2.82 bits per heavy atom. The fourth-order valence-corrected chi connectivity index (χ4v) is 2.72. The van der Waals surface area contributed by atoms with E-state index in [1.807, 2.05) is 6.20 Å². The second-order valence-corrected chi connectivity index (χ2v) is 5.35. The molecule has 1 aliphatic rings. The highest BCUT2D eigenvalue weighted by atomic mass is 15.1. The van der Waals surface area contributed by atoms with E-state index in [0.717, 1.165) is 19.6 Å². The Morgan fingerprint density at radius 1 is 1.41 bits per heavy atom. The number of hydrogen-bond acceptors (Lipinski definition) is 2. The molecule has 3 nitrogen and oxygen atoms in total. The van der Waals surface area contributed by atoms with Crippen molar-refractivity contribution in [3.05, 3.63) is 18.2 Å². The molecule has 0 spiro atoms. The van der Waals surface area contributed by atoms with Crippen molar-refractivity contribution in [2.24, 2.45) is 5.41 Å². The van der Waals surface area contributed by atoms with Crippen LogP contribution in [0.5, 0.6) is 0 Å². The van der Waals surface area contributed by atoms with Crippen LogP contribution in [0.4, 0.5) is 0 Å². The molecule has 1 fully saturated rings. The van der Waals surface area contributed by atoms with Gasteiger partial charge in [0.15, 0.2) is 0 Å². The molecule has 0 aromatic carbocycles. The molecule has 0 bridgehead atoms. The summed E-state index contributed by atoms with van der Waals surface area (Å²) >= 11 is 0. The number of imidazole rings is 1. The van der Waals surface area contributed by atoms with Crippen molar-refractivity contribution >= 4 is 0 Å². The normalized spacial score (nSPS) is 18.0. The molecule has 3 heteroatoms. The predicted octanol–water partition coefficient (Wildman–Crippen LogP) is 2.96. The van der Waals surface area contributed by atoms with Crippen LogP contribution >= 0.6 is 0 Å². The molecule has 1 saturated carbocycles. The fraction of sp³-hybridized carbons (Fsp3) is 0.786. The zero-order valence-electron chi connectivity index (χ0n) is 11.2. The predicted molar refractivity (Wildman–Crippen MR) is 70.8 cm³/mol. The summed E-state index contributed by atoms with van der Waals surface area (Å²) in [6, 6.07) is 0. The molecule has 0 radical (unpaired) electrons. The van der Waals surface area contributed by atoms with Crippen molar-refractivity contribution in [2.75, 3.05) is 6.54 Å². The van der Waals surface area contributed by atoms with Gasteiger partial charge in [-0.1, -0.05) is 20.3 Å². The Bertz CT molecular complexity index is 333. The first-order valence-corrected chi connectivity index (χ1v) is 7.00.